The van der Waals surface area contributed by atoms with Crippen molar-refractivity contribution >= 4 is 53.3 Å². The molecule has 1 aromatic carbocycles. The highest BCUT2D eigenvalue weighted by Crippen LogP contribution is 2.34. The SMILES string of the molecule is OCc1sc2ccc(Br)cc2c1CBr. The van der Waals surface area contributed by atoms with Crippen molar-refractivity contribution in [2.24, 2.45) is 0 Å². The van der Waals surface area contributed by atoms with Crippen LogP contribution in [0.1, 0.15) is 10.4 Å². The van der Waals surface area contributed by atoms with Crippen molar-refractivity contribution in [1.82, 2.24) is 0 Å². The minimum absolute atomic E-state index is 0.123. The van der Waals surface area contributed by atoms with Gasteiger partial charge in [0.15, 0.2) is 0 Å². The average molecular weight is 336 g/mol. The molecular weight excluding hydrogens is 328 g/mol. The van der Waals surface area contributed by atoms with Gasteiger partial charge < -0.3 is 5.11 Å². The smallest absolute Gasteiger partial charge is 0.0777 e. The van der Waals surface area contributed by atoms with E-state index in [1.165, 1.54) is 15.6 Å². The number of thiophene rings is 1. The summed E-state index contributed by atoms with van der Waals surface area (Å²) in [6.45, 7) is 0.123. The highest BCUT2D eigenvalue weighted by molar-refractivity contribution is 9.10. The summed E-state index contributed by atoms with van der Waals surface area (Å²) < 4.78 is 2.31. The fourth-order valence-corrected chi connectivity index (χ4v) is 3.70. The molecule has 0 atom stereocenters. The van der Waals surface area contributed by atoms with Gasteiger partial charge in [-0.3, -0.25) is 0 Å². The number of fused-ring (bicyclic) bond motifs is 1. The lowest BCUT2D eigenvalue weighted by molar-refractivity contribution is 0.285. The highest BCUT2D eigenvalue weighted by atomic mass is 79.9. The molecule has 0 saturated carbocycles. The van der Waals surface area contributed by atoms with Crippen LogP contribution in [0.15, 0.2) is 22.7 Å². The highest BCUT2D eigenvalue weighted by Gasteiger charge is 2.10. The van der Waals surface area contributed by atoms with Gasteiger partial charge in [-0.25, -0.2) is 0 Å². The van der Waals surface area contributed by atoms with Gasteiger partial charge in [0.25, 0.3) is 0 Å². The van der Waals surface area contributed by atoms with Gasteiger partial charge in [0.1, 0.15) is 0 Å². The molecule has 4 heteroatoms. The fourth-order valence-electron chi connectivity index (χ4n) is 1.45. The molecule has 0 bridgehead atoms. The molecule has 1 heterocycles. The van der Waals surface area contributed by atoms with Gasteiger partial charge in [-0.15, -0.1) is 11.3 Å². The van der Waals surface area contributed by atoms with Gasteiger partial charge >= 0.3 is 0 Å². The second-order valence-corrected chi connectivity index (χ2v) is 5.55. The van der Waals surface area contributed by atoms with Crippen LogP contribution in [0.4, 0.5) is 0 Å². The van der Waals surface area contributed by atoms with Crippen LogP contribution in [0.3, 0.4) is 0 Å². The monoisotopic (exact) mass is 334 g/mol. The molecule has 0 spiro atoms. The lowest BCUT2D eigenvalue weighted by Gasteiger charge is -1.96. The fraction of sp³-hybridized carbons (Fsp3) is 0.200. The lowest BCUT2D eigenvalue weighted by atomic mass is 10.1. The number of hydrogen-bond acceptors (Lipinski definition) is 2. The number of rotatable bonds is 2. The summed E-state index contributed by atoms with van der Waals surface area (Å²) in [6, 6.07) is 6.20. The molecular formula is C10H8Br2OS. The van der Waals surface area contributed by atoms with Crippen LogP contribution in [-0.4, -0.2) is 5.11 Å². The quantitative estimate of drug-likeness (QED) is 0.821. The summed E-state index contributed by atoms with van der Waals surface area (Å²) in [7, 11) is 0. The zero-order chi connectivity index (χ0) is 10.1. The van der Waals surface area contributed by atoms with Crippen molar-refractivity contribution in [3.63, 3.8) is 0 Å². The Hall–Kier alpha value is 0.1000. The molecule has 0 aliphatic carbocycles. The Labute approximate surface area is 103 Å². The lowest BCUT2D eigenvalue weighted by Crippen LogP contribution is -1.83. The third kappa shape index (κ3) is 1.76. The van der Waals surface area contributed by atoms with Crippen LogP contribution in [-0.2, 0) is 11.9 Å². The maximum Gasteiger partial charge on any atom is 0.0777 e. The van der Waals surface area contributed by atoms with Gasteiger partial charge in [-0.2, -0.15) is 0 Å². The molecule has 14 heavy (non-hydrogen) atoms. The van der Waals surface area contributed by atoms with Crippen LogP contribution in [0.2, 0.25) is 0 Å². The normalized spacial score (nSPS) is 11.1. The molecule has 0 aliphatic rings. The van der Waals surface area contributed by atoms with Gasteiger partial charge in [0.2, 0.25) is 0 Å². The summed E-state index contributed by atoms with van der Waals surface area (Å²) in [6.07, 6.45) is 0. The van der Waals surface area contributed by atoms with E-state index in [-0.39, 0.29) is 6.61 Å². The summed E-state index contributed by atoms with van der Waals surface area (Å²) >= 11 is 8.56. The maximum absolute atomic E-state index is 9.20. The second-order valence-electron chi connectivity index (χ2n) is 2.94. The Morgan fingerprint density at radius 3 is 2.79 bits per heavy atom. The summed E-state index contributed by atoms with van der Waals surface area (Å²) in [4.78, 5) is 1.05. The molecule has 0 radical (unpaired) electrons. The van der Waals surface area contributed by atoms with E-state index in [4.69, 9.17) is 0 Å². The summed E-state index contributed by atoms with van der Waals surface area (Å²) in [5.74, 6) is 0. The van der Waals surface area contributed by atoms with Crippen molar-refractivity contribution in [1.29, 1.82) is 0 Å². The third-order valence-electron chi connectivity index (χ3n) is 2.11. The molecule has 0 saturated heterocycles. The van der Waals surface area contributed by atoms with Crippen LogP contribution < -0.4 is 0 Å². The van der Waals surface area contributed by atoms with E-state index in [0.29, 0.717) is 0 Å². The number of aliphatic hydroxyl groups excluding tert-OH is 1. The third-order valence-corrected chi connectivity index (χ3v) is 4.37. The van der Waals surface area contributed by atoms with Gasteiger partial charge in [-0.05, 0) is 29.1 Å². The predicted octanol–water partition coefficient (Wildman–Crippen LogP) is 4.05. The predicted molar refractivity (Wildman–Crippen MR) is 68.1 cm³/mol. The molecule has 2 aromatic rings. The van der Waals surface area contributed by atoms with Crippen LogP contribution in [0.25, 0.3) is 10.1 Å². The average Bonchev–Trinajstić information content (AvgIpc) is 2.54. The molecule has 1 aromatic heterocycles. The van der Waals surface area contributed by atoms with Gasteiger partial charge in [-0.1, -0.05) is 31.9 Å². The first kappa shape index (κ1) is 10.6. The molecule has 0 unspecified atom stereocenters. The first-order chi connectivity index (χ1) is 6.76. The van der Waals surface area contributed by atoms with E-state index >= 15 is 0 Å². The Morgan fingerprint density at radius 2 is 2.14 bits per heavy atom. The van der Waals surface area contributed by atoms with Crippen LogP contribution >= 0.6 is 43.2 Å². The van der Waals surface area contributed by atoms with E-state index in [9.17, 15) is 5.11 Å². The molecule has 74 valence electrons. The standard InChI is InChI=1S/C10H8Br2OS/c11-4-8-7-3-6(12)1-2-9(7)14-10(8)5-13/h1-3,13H,4-5H2. The first-order valence-corrected chi connectivity index (χ1v) is 6.86. The summed E-state index contributed by atoms with van der Waals surface area (Å²) in [5.41, 5.74) is 1.20. The largest absolute Gasteiger partial charge is 0.391 e. The van der Waals surface area contributed by atoms with Crippen LogP contribution in [0, 0.1) is 0 Å². The van der Waals surface area contributed by atoms with Crippen molar-refractivity contribution < 1.29 is 5.11 Å². The zero-order valence-electron chi connectivity index (χ0n) is 7.26. The Bertz CT molecular complexity index is 464. The van der Waals surface area contributed by atoms with E-state index in [1.807, 2.05) is 6.07 Å². The minimum Gasteiger partial charge on any atom is -0.391 e. The second kappa shape index (κ2) is 4.31. The van der Waals surface area contributed by atoms with Crippen molar-refractivity contribution in [3.8, 4) is 0 Å². The molecule has 0 aliphatic heterocycles. The first-order valence-electron chi connectivity index (χ1n) is 4.13. The Kier molecular flexibility index (Phi) is 3.27. The summed E-state index contributed by atoms with van der Waals surface area (Å²) in [5, 5.41) is 11.2. The number of hydrogen-bond donors (Lipinski definition) is 1. The molecule has 1 nitrogen and oxygen atoms in total. The Morgan fingerprint density at radius 1 is 1.36 bits per heavy atom. The zero-order valence-corrected chi connectivity index (χ0v) is 11.2. The molecule has 1 N–H and O–H groups in total. The molecule has 0 amide bonds. The van der Waals surface area contributed by atoms with E-state index < -0.39 is 0 Å². The van der Waals surface area contributed by atoms with Gasteiger partial charge in [0.05, 0.1) is 6.61 Å². The van der Waals surface area contributed by atoms with Gasteiger partial charge in [0, 0.05) is 19.4 Å². The van der Waals surface area contributed by atoms with Crippen molar-refractivity contribution in [2.75, 3.05) is 0 Å². The van der Waals surface area contributed by atoms with E-state index in [0.717, 1.165) is 14.7 Å². The number of benzene rings is 1. The van der Waals surface area contributed by atoms with E-state index in [1.54, 1.807) is 11.3 Å². The van der Waals surface area contributed by atoms with Crippen molar-refractivity contribution in [2.45, 2.75) is 11.9 Å². The Balaban J connectivity index is 2.74. The minimum atomic E-state index is 0.123. The van der Waals surface area contributed by atoms with E-state index in [2.05, 4.69) is 44.0 Å². The number of halogens is 2. The topological polar surface area (TPSA) is 20.2 Å². The van der Waals surface area contributed by atoms with Crippen molar-refractivity contribution in [3.05, 3.63) is 33.1 Å². The molecule has 2 rings (SSSR count). The number of alkyl halides is 1. The number of aliphatic hydroxyl groups is 1. The molecule has 0 fully saturated rings. The maximum atomic E-state index is 9.20. The van der Waals surface area contributed by atoms with Crippen LogP contribution in [0.5, 0.6) is 0 Å².